The van der Waals surface area contributed by atoms with Gasteiger partial charge in [0.2, 0.25) is 5.95 Å². The van der Waals surface area contributed by atoms with Crippen LogP contribution in [-0.2, 0) is 0 Å². The van der Waals surface area contributed by atoms with Crippen molar-refractivity contribution in [3.05, 3.63) is 42.7 Å². The lowest BCUT2D eigenvalue weighted by Crippen LogP contribution is -2.08. The highest BCUT2D eigenvalue weighted by Crippen LogP contribution is 2.16. The third-order valence-electron chi connectivity index (χ3n) is 2.37. The van der Waals surface area contributed by atoms with E-state index in [1.807, 2.05) is 0 Å². The molecule has 8 heteroatoms. The van der Waals surface area contributed by atoms with Gasteiger partial charge in [0.15, 0.2) is 5.82 Å². The van der Waals surface area contributed by atoms with Crippen LogP contribution in [0.5, 0.6) is 0 Å². The maximum absolute atomic E-state index is 12.9. The minimum absolute atomic E-state index is 0.0554. The molecule has 7 nitrogen and oxygen atoms in total. The zero-order valence-corrected chi connectivity index (χ0v) is 9.60. The Labute approximate surface area is 107 Å². The number of nitrogen functional groups attached to an aromatic ring is 1. The summed E-state index contributed by atoms with van der Waals surface area (Å²) in [6.07, 6.45) is 2.81. The monoisotopic (exact) mass is 257 g/mol. The Morgan fingerprint density at radius 1 is 1.05 bits per heavy atom. The van der Waals surface area contributed by atoms with E-state index in [4.69, 9.17) is 5.73 Å². The zero-order chi connectivity index (χ0) is 13.2. The van der Waals surface area contributed by atoms with Gasteiger partial charge in [-0.2, -0.15) is 24.7 Å². The molecule has 3 aromatic rings. The fraction of sp³-hybridized carbons (Fsp3) is 0. The van der Waals surface area contributed by atoms with E-state index in [0.717, 1.165) is 0 Å². The van der Waals surface area contributed by atoms with E-state index in [-0.39, 0.29) is 17.7 Å². The van der Waals surface area contributed by atoms with Crippen LogP contribution < -0.4 is 5.73 Å². The van der Waals surface area contributed by atoms with E-state index in [9.17, 15) is 4.39 Å². The molecule has 19 heavy (non-hydrogen) atoms. The molecule has 0 radical (unpaired) electrons. The van der Waals surface area contributed by atoms with Crippen LogP contribution in [0.1, 0.15) is 0 Å². The van der Waals surface area contributed by atoms with Crippen LogP contribution >= 0.6 is 0 Å². The Bertz CT molecular complexity index is 694. The number of nitrogens with zero attached hydrogens (tertiary/aromatic N) is 6. The molecule has 0 unspecified atom stereocenters. The van der Waals surface area contributed by atoms with Gasteiger partial charge in [0.25, 0.3) is 5.95 Å². The molecule has 94 valence electrons. The van der Waals surface area contributed by atoms with Crippen molar-refractivity contribution in [3.63, 3.8) is 0 Å². The van der Waals surface area contributed by atoms with Crippen LogP contribution in [-0.4, -0.2) is 29.7 Å². The summed E-state index contributed by atoms with van der Waals surface area (Å²) < 4.78 is 14.3. The number of hydrogen-bond acceptors (Lipinski definition) is 6. The summed E-state index contributed by atoms with van der Waals surface area (Å²) in [6.45, 7) is 0. The smallest absolute Gasteiger partial charge is 0.257 e. The van der Waals surface area contributed by atoms with Crippen LogP contribution in [0.15, 0.2) is 36.9 Å². The average Bonchev–Trinajstić information content (AvgIpc) is 2.93. The minimum Gasteiger partial charge on any atom is -0.368 e. The van der Waals surface area contributed by atoms with Crippen LogP contribution in [0.25, 0.3) is 17.3 Å². The molecule has 0 atom stereocenters. The zero-order valence-electron chi connectivity index (χ0n) is 9.60. The molecule has 0 aliphatic carbocycles. The van der Waals surface area contributed by atoms with Gasteiger partial charge in [-0.25, -0.2) is 9.37 Å². The van der Waals surface area contributed by atoms with Gasteiger partial charge in [0.1, 0.15) is 18.5 Å². The fourth-order valence-corrected chi connectivity index (χ4v) is 1.52. The van der Waals surface area contributed by atoms with E-state index in [0.29, 0.717) is 11.4 Å². The fourth-order valence-electron chi connectivity index (χ4n) is 1.52. The normalized spacial score (nSPS) is 10.6. The summed E-state index contributed by atoms with van der Waals surface area (Å²) in [6, 6.07) is 5.78. The number of nitrogens with two attached hydrogens (primary N) is 1. The molecule has 2 aromatic heterocycles. The lowest BCUT2D eigenvalue weighted by molar-refractivity contribution is 0.628. The summed E-state index contributed by atoms with van der Waals surface area (Å²) in [5.41, 5.74) is 6.27. The third kappa shape index (κ3) is 2.23. The van der Waals surface area contributed by atoms with Crippen molar-refractivity contribution in [3.8, 4) is 17.3 Å². The molecule has 0 saturated carbocycles. The van der Waals surface area contributed by atoms with Crippen molar-refractivity contribution >= 4 is 5.95 Å². The van der Waals surface area contributed by atoms with Crippen molar-refractivity contribution in [1.82, 2.24) is 29.7 Å². The molecule has 0 spiro atoms. The molecule has 0 aliphatic heterocycles. The molecule has 0 amide bonds. The molecule has 3 rings (SSSR count). The predicted octanol–water partition coefficient (Wildman–Crippen LogP) is 0.841. The maximum Gasteiger partial charge on any atom is 0.257 e. The molecule has 2 N–H and O–H groups in total. The van der Waals surface area contributed by atoms with E-state index in [2.05, 4.69) is 25.0 Å². The number of rotatable bonds is 2. The number of benzene rings is 1. The molecule has 2 heterocycles. The van der Waals surface area contributed by atoms with Crippen LogP contribution in [0.4, 0.5) is 10.3 Å². The lowest BCUT2D eigenvalue weighted by Gasteiger charge is -2.04. The first-order valence-electron chi connectivity index (χ1n) is 5.35. The highest BCUT2D eigenvalue weighted by atomic mass is 19.1. The molecule has 0 bridgehead atoms. The van der Waals surface area contributed by atoms with Gasteiger partial charge < -0.3 is 5.73 Å². The van der Waals surface area contributed by atoms with Crippen molar-refractivity contribution in [1.29, 1.82) is 0 Å². The average molecular weight is 257 g/mol. The molecular weight excluding hydrogens is 249 g/mol. The first-order chi connectivity index (χ1) is 9.22. The topological polar surface area (TPSA) is 95.4 Å². The number of halogens is 1. The van der Waals surface area contributed by atoms with Gasteiger partial charge in [-0.3, -0.25) is 0 Å². The van der Waals surface area contributed by atoms with Crippen LogP contribution in [0.3, 0.4) is 0 Å². The summed E-state index contributed by atoms with van der Waals surface area (Å²) in [4.78, 5) is 16.0. The van der Waals surface area contributed by atoms with Gasteiger partial charge in [-0.1, -0.05) is 0 Å². The SMILES string of the molecule is Nc1nc(-c2ccc(F)cc2)nc(-n2cncn2)n1. The first-order valence-corrected chi connectivity index (χ1v) is 5.35. The highest BCUT2D eigenvalue weighted by molar-refractivity contribution is 5.56. The first kappa shape index (κ1) is 11.2. The summed E-state index contributed by atoms with van der Waals surface area (Å²) in [7, 11) is 0. The second kappa shape index (κ2) is 4.41. The van der Waals surface area contributed by atoms with Crippen molar-refractivity contribution in [2.45, 2.75) is 0 Å². The highest BCUT2D eigenvalue weighted by Gasteiger charge is 2.08. The van der Waals surface area contributed by atoms with Crippen LogP contribution in [0, 0.1) is 5.82 Å². The van der Waals surface area contributed by atoms with Gasteiger partial charge in [0, 0.05) is 5.56 Å². The third-order valence-corrected chi connectivity index (χ3v) is 2.37. The second-order valence-corrected chi connectivity index (χ2v) is 3.66. The van der Waals surface area contributed by atoms with E-state index < -0.39 is 0 Å². The van der Waals surface area contributed by atoms with E-state index >= 15 is 0 Å². The van der Waals surface area contributed by atoms with Crippen molar-refractivity contribution in [2.75, 3.05) is 5.73 Å². The maximum atomic E-state index is 12.9. The Kier molecular flexibility index (Phi) is 2.60. The minimum atomic E-state index is -0.331. The number of hydrogen-bond donors (Lipinski definition) is 1. The quantitative estimate of drug-likeness (QED) is 0.730. The van der Waals surface area contributed by atoms with Gasteiger partial charge in [0.05, 0.1) is 0 Å². The molecule has 1 aromatic carbocycles. The molecule has 0 aliphatic rings. The lowest BCUT2D eigenvalue weighted by atomic mass is 10.2. The van der Waals surface area contributed by atoms with Gasteiger partial charge >= 0.3 is 0 Å². The summed E-state index contributed by atoms with van der Waals surface area (Å²) >= 11 is 0. The predicted molar refractivity (Wildman–Crippen MR) is 64.6 cm³/mol. The molecule has 0 fully saturated rings. The summed E-state index contributed by atoms with van der Waals surface area (Å²) in [5.74, 6) is 0.324. The van der Waals surface area contributed by atoms with E-state index in [1.165, 1.54) is 29.5 Å². The van der Waals surface area contributed by atoms with Crippen LogP contribution in [0.2, 0.25) is 0 Å². The van der Waals surface area contributed by atoms with E-state index in [1.54, 1.807) is 12.1 Å². The molecular formula is C11H8FN7. The second-order valence-electron chi connectivity index (χ2n) is 3.66. The molecule has 0 saturated heterocycles. The Hall–Kier alpha value is -2.90. The Morgan fingerprint density at radius 2 is 1.84 bits per heavy atom. The van der Waals surface area contributed by atoms with Crippen molar-refractivity contribution in [2.24, 2.45) is 0 Å². The van der Waals surface area contributed by atoms with Crippen molar-refractivity contribution < 1.29 is 4.39 Å². The summed E-state index contributed by atoms with van der Waals surface area (Å²) in [5, 5.41) is 3.91. The number of anilines is 1. The Morgan fingerprint density at radius 3 is 2.53 bits per heavy atom. The number of aromatic nitrogens is 6. The van der Waals surface area contributed by atoms with Gasteiger partial charge in [-0.05, 0) is 24.3 Å². The largest absolute Gasteiger partial charge is 0.368 e. The Balaban J connectivity index is 2.10. The standard InChI is InChI=1S/C11H8FN7/c12-8-3-1-7(2-4-8)9-16-10(13)18-11(17-9)19-6-14-5-15-19/h1-6H,(H2,13,16,17,18). The van der Waals surface area contributed by atoms with Gasteiger partial charge in [-0.15, -0.1) is 0 Å².